The minimum absolute atomic E-state index is 0.0471. The molecule has 13 nitrogen and oxygen atoms in total. The van der Waals surface area contributed by atoms with Gasteiger partial charge in [0.05, 0.1) is 51.8 Å². The fraction of sp³-hybridized carbons (Fsp3) is 0.511. The average Bonchev–Trinajstić information content (AvgIpc) is 3.23. The lowest BCUT2D eigenvalue weighted by atomic mass is 9.72. The van der Waals surface area contributed by atoms with Crippen molar-refractivity contribution < 1.29 is 47.8 Å². The molecule has 0 spiro atoms. The van der Waals surface area contributed by atoms with Crippen LogP contribution in [0.1, 0.15) is 114 Å². The number of benzene rings is 2. The van der Waals surface area contributed by atoms with Gasteiger partial charge in [0.2, 0.25) is 18.2 Å². The highest BCUT2D eigenvalue weighted by atomic mass is 16.7. The van der Waals surface area contributed by atoms with Crippen molar-refractivity contribution in [2.75, 3.05) is 27.5 Å². The van der Waals surface area contributed by atoms with Crippen molar-refractivity contribution in [1.82, 2.24) is 15.7 Å². The van der Waals surface area contributed by atoms with E-state index in [1.165, 1.54) is 19.3 Å². The van der Waals surface area contributed by atoms with Gasteiger partial charge in [-0.1, -0.05) is 89.4 Å². The molecule has 2 aromatic rings. The van der Waals surface area contributed by atoms with Gasteiger partial charge in [-0.05, 0) is 72.9 Å². The number of ketones is 1. The number of ether oxygens (including phenoxy) is 3. The van der Waals surface area contributed by atoms with Gasteiger partial charge in [0.15, 0.2) is 5.78 Å². The molecular formula is C45H61N3O10. The van der Waals surface area contributed by atoms with Crippen LogP contribution in [-0.4, -0.2) is 74.5 Å². The highest BCUT2D eigenvalue weighted by Crippen LogP contribution is 2.37. The monoisotopic (exact) mass is 803 g/mol. The zero-order valence-corrected chi connectivity index (χ0v) is 35.1. The number of hydrogen-bond donors (Lipinski definition) is 2. The normalized spacial score (nSPS) is 14.1. The minimum atomic E-state index is -0.935. The number of carbonyl (C=O) groups excluding carboxylic acids is 6. The van der Waals surface area contributed by atoms with Gasteiger partial charge in [0.25, 0.3) is 0 Å². The van der Waals surface area contributed by atoms with E-state index in [-0.39, 0.29) is 43.7 Å². The van der Waals surface area contributed by atoms with Crippen molar-refractivity contribution in [2.24, 2.45) is 17.3 Å². The zero-order valence-electron chi connectivity index (χ0n) is 35.1. The Kier molecular flexibility index (Phi) is 19.3. The summed E-state index contributed by atoms with van der Waals surface area (Å²) in [6, 6.07) is 14.3. The first-order chi connectivity index (χ1) is 27.8. The van der Waals surface area contributed by atoms with E-state index in [0.29, 0.717) is 55.6 Å². The molecule has 2 N–H and O–H groups in total. The zero-order chi connectivity index (χ0) is 42.7. The molecular weight excluding hydrogens is 743 g/mol. The second-order valence-electron chi connectivity index (χ2n) is 15.0. The van der Waals surface area contributed by atoms with Gasteiger partial charge in [0.1, 0.15) is 12.4 Å². The van der Waals surface area contributed by atoms with Crippen molar-refractivity contribution in [3.63, 3.8) is 0 Å². The van der Waals surface area contributed by atoms with E-state index in [1.807, 2.05) is 56.3 Å². The average molecular weight is 804 g/mol. The molecule has 3 unspecified atom stereocenters. The fourth-order valence-corrected chi connectivity index (χ4v) is 7.11. The number of methoxy groups -OCH3 is 2. The summed E-state index contributed by atoms with van der Waals surface area (Å²) in [6.45, 7) is 9.80. The molecule has 3 amide bonds. The summed E-state index contributed by atoms with van der Waals surface area (Å²) in [5, 5.41) is 6.91. The smallest absolute Gasteiger partial charge is 0.309 e. The Hall–Kier alpha value is -5.30. The molecule has 13 heteroatoms. The maximum Gasteiger partial charge on any atom is 0.309 e. The molecule has 3 rings (SSSR count). The van der Waals surface area contributed by atoms with Crippen molar-refractivity contribution in [3.8, 4) is 5.75 Å². The topological polar surface area (TPSA) is 167 Å². The molecule has 1 aliphatic rings. The van der Waals surface area contributed by atoms with Crippen LogP contribution in [0.3, 0.4) is 0 Å². The molecule has 0 saturated carbocycles. The quantitative estimate of drug-likeness (QED) is 0.0269. The summed E-state index contributed by atoms with van der Waals surface area (Å²) in [5.74, 6) is -2.95. The number of rotatable bonds is 25. The largest absolute Gasteiger partial charge is 0.494 e. The second kappa shape index (κ2) is 23.8. The predicted octanol–water partition coefficient (Wildman–Crippen LogP) is 6.90. The summed E-state index contributed by atoms with van der Waals surface area (Å²) in [5.41, 5.74) is 2.53. The van der Waals surface area contributed by atoms with Crippen molar-refractivity contribution in [3.05, 3.63) is 82.9 Å². The number of hydrogen-bond acceptors (Lipinski definition) is 10. The predicted molar refractivity (Wildman–Crippen MR) is 220 cm³/mol. The van der Waals surface area contributed by atoms with Crippen molar-refractivity contribution in [2.45, 2.75) is 105 Å². The van der Waals surface area contributed by atoms with E-state index < -0.39 is 35.2 Å². The van der Waals surface area contributed by atoms with Crippen LogP contribution in [0.15, 0.2) is 66.3 Å². The number of hydroxylamine groups is 2. The first kappa shape index (κ1) is 47.1. The van der Waals surface area contributed by atoms with Gasteiger partial charge in [-0.15, -0.1) is 0 Å². The summed E-state index contributed by atoms with van der Waals surface area (Å²) in [6.07, 6.45) is 8.62. The van der Waals surface area contributed by atoms with E-state index in [2.05, 4.69) is 17.6 Å². The van der Waals surface area contributed by atoms with Crippen LogP contribution in [0, 0.1) is 17.3 Å². The lowest BCUT2D eigenvalue weighted by Crippen LogP contribution is -2.48. The van der Waals surface area contributed by atoms with E-state index in [0.717, 1.165) is 36.0 Å². The molecule has 0 bridgehead atoms. The van der Waals surface area contributed by atoms with Gasteiger partial charge in [0, 0.05) is 17.6 Å². The second-order valence-corrected chi connectivity index (χ2v) is 15.0. The van der Waals surface area contributed by atoms with E-state index in [4.69, 9.17) is 19.0 Å². The molecule has 316 valence electrons. The Labute approximate surface area is 342 Å². The third kappa shape index (κ3) is 14.0. The fourth-order valence-electron chi connectivity index (χ4n) is 7.11. The Morgan fingerprint density at radius 2 is 1.66 bits per heavy atom. The lowest BCUT2D eigenvalue weighted by molar-refractivity contribution is -0.200. The lowest BCUT2D eigenvalue weighted by Gasteiger charge is -2.32. The maximum atomic E-state index is 13.7. The third-order valence-corrected chi connectivity index (χ3v) is 10.5. The number of unbranched alkanes of at least 4 members (excludes halogenated alkanes) is 2. The molecule has 2 aromatic carbocycles. The molecule has 0 aliphatic heterocycles. The van der Waals surface area contributed by atoms with Gasteiger partial charge in [-0.3, -0.25) is 33.6 Å². The van der Waals surface area contributed by atoms with Crippen molar-refractivity contribution >= 4 is 41.5 Å². The van der Waals surface area contributed by atoms with Crippen molar-refractivity contribution in [1.29, 1.82) is 0 Å². The van der Waals surface area contributed by atoms with Crippen LogP contribution in [0.25, 0.3) is 5.57 Å². The van der Waals surface area contributed by atoms with Crippen LogP contribution in [-0.2, 0) is 44.9 Å². The van der Waals surface area contributed by atoms with Gasteiger partial charge in [-0.2, -0.15) is 0 Å². The number of Topliss-reactive ketones (excluding diaryl/α,β-unsaturated/α-hetero) is 1. The maximum absolute atomic E-state index is 13.7. The molecule has 0 fully saturated rings. The Morgan fingerprint density at radius 3 is 2.26 bits per heavy atom. The number of nitrogens with zero attached hydrogens (tertiary/aromatic N) is 1. The molecule has 0 radical (unpaired) electrons. The summed E-state index contributed by atoms with van der Waals surface area (Å²) in [7, 11) is 2.48. The highest BCUT2D eigenvalue weighted by Gasteiger charge is 2.40. The van der Waals surface area contributed by atoms with Crippen LogP contribution in [0.2, 0.25) is 0 Å². The minimum Gasteiger partial charge on any atom is -0.494 e. The molecule has 1 aliphatic carbocycles. The van der Waals surface area contributed by atoms with E-state index in [1.54, 1.807) is 32.1 Å². The first-order valence-electron chi connectivity index (χ1n) is 20.1. The Balaban J connectivity index is 1.71. The number of nitrogens with one attached hydrogen (secondary N) is 2. The van der Waals surface area contributed by atoms with Crippen LogP contribution < -0.4 is 15.4 Å². The Morgan fingerprint density at radius 1 is 0.914 bits per heavy atom. The standard InChI is InChI=1S/C45H61N3O10/c1-8-11-13-18-37(39(9-2)48(30-49)58-28-31-16-14-12-15-17-31)43(53)47-29-46-42(52)33-21-19-32(20-22-33)34-23-35(25-36(24-34)57-10-3)40(50)27-45(4,5)38(44(54)56-7)26-41(51)55-6/h12,14-17,19,21,23-25,30,37-39H,8-11,13,18,20,22,26-29H2,1-7H3,(H,46,52)(H,47,53). The molecule has 0 saturated heterocycles. The van der Waals surface area contributed by atoms with Gasteiger partial charge >= 0.3 is 11.9 Å². The van der Waals surface area contributed by atoms with E-state index >= 15 is 0 Å². The number of esters is 2. The highest BCUT2D eigenvalue weighted by molar-refractivity contribution is 5.99. The number of carbonyl (C=O) groups is 6. The summed E-state index contributed by atoms with van der Waals surface area (Å²) in [4.78, 5) is 83.4. The van der Waals surface area contributed by atoms with Crippen LogP contribution in [0.4, 0.5) is 0 Å². The SMILES string of the molecule is CCCCCC(C(=O)NCNC(=O)C1=CC=C(c2cc(OCC)cc(C(=O)CC(C)(C)C(CC(=O)OC)C(=O)OC)c2)CC1)C(CC)N(C=O)OCc1ccccc1. The number of amides is 3. The van der Waals surface area contributed by atoms with E-state index in [9.17, 15) is 28.8 Å². The third-order valence-electron chi connectivity index (χ3n) is 10.5. The molecule has 58 heavy (non-hydrogen) atoms. The number of allylic oxidation sites excluding steroid dienone is 3. The Bertz CT molecular complexity index is 1770. The summed E-state index contributed by atoms with van der Waals surface area (Å²) >= 11 is 0. The first-order valence-corrected chi connectivity index (χ1v) is 20.1. The van der Waals surface area contributed by atoms with Gasteiger partial charge in [-0.25, -0.2) is 5.06 Å². The van der Waals surface area contributed by atoms with Crippen LogP contribution in [0.5, 0.6) is 5.75 Å². The summed E-state index contributed by atoms with van der Waals surface area (Å²) < 4.78 is 15.5. The van der Waals surface area contributed by atoms with Crippen LogP contribution >= 0.6 is 0 Å². The molecule has 0 heterocycles. The molecule has 0 aromatic heterocycles. The van der Waals surface area contributed by atoms with Gasteiger partial charge < -0.3 is 24.8 Å². The molecule has 3 atom stereocenters.